The van der Waals surface area contributed by atoms with Gasteiger partial charge in [0.25, 0.3) is 0 Å². The lowest BCUT2D eigenvalue weighted by Crippen LogP contribution is -2.24. The predicted molar refractivity (Wildman–Crippen MR) is 74.6 cm³/mol. The Labute approximate surface area is 116 Å². The Morgan fingerprint density at radius 2 is 2.17 bits per heavy atom. The van der Waals surface area contributed by atoms with Gasteiger partial charge in [0.1, 0.15) is 11.9 Å². The van der Waals surface area contributed by atoms with Gasteiger partial charge in [-0.1, -0.05) is 22.0 Å². The summed E-state index contributed by atoms with van der Waals surface area (Å²) in [5.74, 6) is 2.45. The van der Waals surface area contributed by atoms with Gasteiger partial charge in [0, 0.05) is 10.0 Å². The summed E-state index contributed by atoms with van der Waals surface area (Å²) >= 11 is 3.47. The molecule has 2 aliphatic rings. The Morgan fingerprint density at radius 1 is 1.33 bits per heavy atom. The second-order valence-corrected chi connectivity index (χ2v) is 6.60. The molecule has 1 aromatic carbocycles. The van der Waals surface area contributed by atoms with Crippen molar-refractivity contribution in [1.29, 1.82) is 0 Å². The predicted octanol–water partition coefficient (Wildman–Crippen LogP) is 4.07. The molecule has 3 rings (SSSR count). The first-order valence-electron chi connectivity index (χ1n) is 6.77. The molecule has 0 aromatic heterocycles. The van der Waals surface area contributed by atoms with Gasteiger partial charge in [-0.05, 0) is 56.6 Å². The zero-order valence-corrected chi connectivity index (χ0v) is 12.2. The van der Waals surface area contributed by atoms with Crippen LogP contribution in [0.1, 0.15) is 44.3 Å². The van der Waals surface area contributed by atoms with Crippen molar-refractivity contribution < 1.29 is 9.84 Å². The van der Waals surface area contributed by atoms with E-state index in [1.54, 1.807) is 6.92 Å². The molecule has 3 heteroatoms. The molecular weight excluding hydrogens is 292 g/mol. The minimum Gasteiger partial charge on any atom is -0.490 e. The zero-order chi connectivity index (χ0) is 12.7. The molecule has 2 fully saturated rings. The number of rotatable bonds is 3. The topological polar surface area (TPSA) is 29.5 Å². The number of hydrogen-bond acceptors (Lipinski definition) is 2. The number of aliphatic hydroxyl groups is 1. The Bertz CT molecular complexity index is 444. The van der Waals surface area contributed by atoms with E-state index in [0.29, 0.717) is 6.10 Å². The van der Waals surface area contributed by atoms with Crippen molar-refractivity contribution in [2.75, 3.05) is 0 Å². The standard InChI is InChI=1S/C15H19BrO2/c1-9(17)13-5-4-12(16)8-15(13)18-14-7-10-2-3-11(14)6-10/h4-5,8-11,14,17H,2-3,6-7H2,1H3/t9-,10?,11?,14?/m1/s1. The zero-order valence-electron chi connectivity index (χ0n) is 10.6. The minimum atomic E-state index is -0.480. The first-order valence-corrected chi connectivity index (χ1v) is 7.57. The molecular formula is C15H19BrO2. The molecule has 0 radical (unpaired) electrons. The van der Waals surface area contributed by atoms with Crippen molar-refractivity contribution in [3.63, 3.8) is 0 Å². The SMILES string of the molecule is C[C@@H](O)c1ccc(Br)cc1OC1CC2CCC1C2. The first kappa shape index (κ1) is 12.5. The summed E-state index contributed by atoms with van der Waals surface area (Å²) in [5, 5.41) is 9.81. The smallest absolute Gasteiger partial charge is 0.126 e. The third-order valence-corrected chi connectivity index (χ3v) is 4.87. The number of fused-ring (bicyclic) bond motifs is 2. The van der Waals surface area contributed by atoms with Gasteiger partial charge < -0.3 is 9.84 Å². The highest BCUT2D eigenvalue weighted by molar-refractivity contribution is 9.10. The van der Waals surface area contributed by atoms with Gasteiger partial charge >= 0.3 is 0 Å². The van der Waals surface area contributed by atoms with Crippen molar-refractivity contribution in [3.8, 4) is 5.75 Å². The maximum absolute atomic E-state index is 9.81. The van der Waals surface area contributed by atoms with Crippen LogP contribution in [-0.4, -0.2) is 11.2 Å². The second kappa shape index (κ2) is 4.86. The van der Waals surface area contributed by atoms with Gasteiger partial charge in [0.05, 0.1) is 6.10 Å². The van der Waals surface area contributed by atoms with Crippen molar-refractivity contribution in [2.24, 2.45) is 11.8 Å². The van der Waals surface area contributed by atoms with E-state index in [1.165, 1.54) is 25.7 Å². The van der Waals surface area contributed by atoms with E-state index >= 15 is 0 Å². The van der Waals surface area contributed by atoms with E-state index < -0.39 is 6.10 Å². The summed E-state index contributed by atoms with van der Waals surface area (Å²) in [7, 11) is 0. The summed E-state index contributed by atoms with van der Waals surface area (Å²) in [6.45, 7) is 1.79. The Morgan fingerprint density at radius 3 is 2.78 bits per heavy atom. The van der Waals surface area contributed by atoms with Crippen LogP contribution in [0.5, 0.6) is 5.75 Å². The highest BCUT2D eigenvalue weighted by Gasteiger charge is 2.41. The summed E-state index contributed by atoms with van der Waals surface area (Å²) < 4.78 is 7.20. The lowest BCUT2D eigenvalue weighted by molar-refractivity contribution is 0.128. The minimum absolute atomic E-state index is 0.357. The largest absolute Gasteiger partial charge is 0.490 e. The number of ether oxygens (including phenoxy) is 1. The van der Waals surface area contributed by atoms with Gasteiger partial charge in [0.2, 0.25) is 0 Å². The van der Waals surface area contributed by atoms with Crippen molar-refractivity contribution in [2.45, 2.75) is 44.8 Å². The van der Waals surface area contributed by atoms with Crippen LogP contribution >= 0.6 is 15.9 Å². The quantitative estimate of drug-likeness (QED) is 0.912. The van der Waals surface area contributed by atoms with Gasteiger partial charge in [-0.25, -0.2) is 0 Å². The van der Waals surface area contributed by atoms with Crippen LogP contribution in [0.2, 0.25) is 0 Å². The summed E-state index contributed by atoms with van der Waals surface area (Å²) in [4.78, 5) is 0. The molecule has 18 heavy (non-hydrogen) atoms. The van der Waals surface area contributed by atoms with Crippen LogP contribution in [0.25, 0.3) is 0 Å². The maximum atomic E-state index is 9.81. The molecule has 4 atom stereocenters. The van der Waals surface area contributed by atoms with E-state index in [-0.39, 0.29) is 0 Å². The van der Waals surface area contributed by atoms with Crippen LogP contribution in [0.15, 0.2) is 22.7 Å². The molecule has 2 aliphatic carbocycles. The number of halogens is 1. The highest BCUT2D eigenvalue weighted by atomic mass is 79.9. The summed E-state index contributed by atoms with van der Waals surface area (Å²) in [5.41, 5.74) is 0.890. The van der Waals surface area contributed by atoms with E-state index in [4.69, 9.17) is 4.74 Å². The van der Waals surface area contributed by atoms with Crippen LogP contribution in [-0.2, 0) is 0 Å². The van der Waals surface area contributed by atoms with Gasteiger partial charge in [-0.15, -0.1) is 0 Å². The molecule has 98 valence electrons. The number of aliphatic hydroxyl groups excluding tert-OH is 1. The first-order chi connectivity index (χ1) is 8.63. The molecule has 0 spiro atoms. The lowest BCUT2D eigenvalue weighted by atomic mass is 9.97. The molecule has 0 heterocycles. The average molecular weight is 311 g/mol. The monoisotopic (exact) mass is 310 g/mol. The lowest BCUT2D eigenvalue weighted by Gasteiger charge is -2.25. The fourth-order valence-corrected chi connectivity index (χ4v) is 3.79. The van der Waals surface area contributed by atoms with Gasteiger partial charge in [-0.2, -0.15) is 0 Å². The molecule has 2 bridgehead atoms. The van der Waals surface area contributed by atoms with Crippen molar-refractivity contribution >= 4 is 15.9 Å². The molecule has 1 aromatic rings. The van der Waals surface area contributed by atoms with E-state index in [2.05, 4.69) is 15.9 Å². The Hall–Kier alpha value is -0.540. The van der Waals surface area contributed by atoms with E-state index in [1.807, 2.05) is 18.2 Å². The van der Waals surface area contributed by atoms with E-state index in [0.717, 1.165) is 27.6 Å². The van der Waals surface area contributed by atoms with Gasteiger partial charge in [-0.3, -0.25) is 0 Å². The van der Waals surface area contributed by atoms with Crippen LogP contribution in [0.4, 0.5) is 0 Å². The normalized spacial score (nSPS) is 31.6. The second-order valence-electron chi connectivity index (χ2n) is 5.69. The number of hydrogen-bond donors (Lipinski definition) is 1. The molecule has 0 aliphatic heterocycles. The molecule has 0 saturated heterocycles. The molecule has 1 N–H and O–H groups in total. The summed E-state index contributed by atoms with van der Waals surface area (Å²) in [6.07, 6.45) is 5.10. The van der Waals surface area contributed by atoms with Crippen LogP contribution in [0, 0.1) is 11.8 Å². The van der Waals surface area contributed by atoms with Crippen LogP contribution < -0.4 is 4.74 Å². The highest BCUT2D eigenvalue weighted by Crippen LogP contribution is 2.46. The van der Waals surface area contributed by atoms with Gasteiger partial charge in [0.15, 0.2) is 0 Å². The van der Waals surface area contributed by atoms with Crippen molar-refractivity contribution in [1.82, 2.24) is 0 Å². The summed E-state index contributed by atoms with van der Waals surface area (Å²) in [6, 6.07) is 5.88. The Balaban J connectivity index is 1.81. The molecule has 0 amide bonds. The fourth-order valence-electron chi connectivity index (χ4n) is 3.45. The Kier molecular flexibility index (Phi) is 3.37. The fraction of sp³-hybridized carbons (Fsp3) is 0.600. The number of benzene rings is 1. The third kappa shape index (κ3) is 2.30. The molecule has 2 nitrogen and oxygen atoms in total. The molecule has 2 saturated carbocycles. The third-order valence-electron chi connectivity index (χ3n) is 4.38. The maximum Gasteiger partial charge on any atom is 0.126 e. The van der Waals surface area contributed by atoms with E-state index in [9.17, 15) is 5.11 Å². The molecule has 3 unspecified atom stereocenters. The average Bonchev–Trinajstić information content (AvgIpc) is 2.90. The van der Waals surface area contributed by atoms with Crippen LogP contribution in [0.3, 0.4) is 0 Å². The van der Waals surface area contributed by atoms with Crippen molar-refractivity contribution in [3.05, 3.63) is 28.2 Å².